The number of fused-ring (bicyclic) bond motifs is 2. The van der Waals surface area contributed by atoms with E-state index >= 15 is 0 Å². The lowest BCUT2D eigenvalue weighted by Gasteiger charge is -2.25. The maximum atomic E-state index is 13.4. The molecular formula is C26H22ClF3N4O5S. The van der Waals surface area contributed by atoms with Gasteiger partial charge in [-0.1, -0.05) is 18.2 Å². The van der Waals surface area contributed by atoms with Crippen LogP contribution >= 0.6 is 23.0 Å². The first kappa shape index (κ1) is 29.1. The van der Waals surface area contributed by atoms with Crippen LogP contribution in [0.25, 0.3) is 17.1 Å². The zero-order chi connectivity index (χ0) is 27.9. The molecule has 1 aliphatic heterocycles. The summed E-state index contributed by atoms with van der Waals surface area (Å²) in [4.78, 5) is 33.8. The fourth-order valence-electron chi connectivity index (χ4n) is 4.20. The molecule has 5 rings (SSSR count). The molecule has 1 aromatic heterocycles. The second kappa shape index (κ2) is 10.9. The summed E-state index contributed by atoms with van der Waals surface area (Å²) in [7, 11) is -1.66. The number of imidazole rings is 1. The van der Waals surface area contributed by atoms with Gasteiger partial charge in [-0.3, -0.25) is 18.7 Å². The molecule has 0 radical (unpaired) electrons. The Morgan fingerprint density at radius 2 is 1.70 bits per heavy atom. The number of alkyl halides is 3. The van der Waals surface area contributed by atoms with Crippen molar-refractivity contribution in [1.29, 1.82) is 0 Å². The Morgan fingerprint density at radius 3 is 2.42 bits per heavy atom. The Morgan fingerprint density at radius 1 is 1.00 bits per heavy atom. The van der Waals surface area contributed by atoms with E-state index in [1.165, 1.54) is 42.8 Å². The monoisotopic (exact) mass is 594 g/mol. The van der Waals surface area contributed by atoms with Crippen LogP contribution in [0.1, 0.15) is 37.7 Å². The molecule has 0 bridgehead atoms. The van der Waals surface area contributed by atoms with Crippen molar-refractivity contribution < 1.29 is 36.6 Å². The van der Waals surface area contributed by atoms with Gasteiger partial charge < -0.3 is 20.4 Å². The molecule has 14 heteroatoms. The molecule has 0 atom stereocenters. The first-order chi connectivity index (χ1) is 18.5. The van der Waals surface area contributed by atoms with Crippen molar-refractivity contribution in [2.75, 3.05) is 17.7 Å². The van der Waals surface area contributed by atoms with Crippen molar-refractivity contribution in [1.82, 2.24) is 9.97 Å². The van der Waals surface area contributed by atoms with E-state index in [9.17, 15) is 31.9 Å². The number of rotatable bonds is 6. The minimum absolute atomic E-state index is 0. The summed E-state index contributed by atoms with van der Waals surface area (Å²) in [5.74, 6) is -1.28. The number of hydrogen-bond donors (Lipinski definition) is 5. The average Bonchev–Trinajstić information content (AvgIpc) is 3.42. The second-order valence-electron chi connectivity index (χ2n) is 8.64. The standard InChI is InChI=1S/C26H21F3N4O5S.ClH/c1-38-13-22-32-20-11-16(31-24(34)17-4-2-3-5-19(17)26(27,28)29)10-18(23(20)33-22)25(35)30-15-7-6-14-8-9-39(36,37)21(14)12-15;/h2-12,36-37H,13H2,1H3,(H,30,35)(H,31,34)(H,32,33);1H. The Hall–Kier alpha value is -3.88. The minimum Gasteiger partial charge on any atom is -0.377 e. The highest BCUT2D eigenvalue weighted by molar-refractivity contribution is 8.27. The third kappa shape index (κ3) is 5.69. The van der Waals surface area contributed by atoms with Crippen LogP contribution in [0.3, 0.4) is 0 Å². The van der Waals surface area contributed by atoms with E-state index in [-0.39, 0.29) is 46.4 Å². The molecule has 2 amide bonds. The first-order valence-electron chi connectivity index (χ1n) is 11.4. The van der Waals surface area contributed by atoms with Gasteiger partial charge in [0.1, 0.15) is 17.9 Å². The highest BCUT2D eigenvalue weighted by Crippen LogP contribution is 2.56. The molecule has 3 aromatic carbocycles. The van der Waals surface area contributed by atoms with Gasteiger partial charge in [0.05, 0.1) is 27.1 Å². The maximum absolute atomic E-state index is 13.4. The molecule has 0 fully saturated rings. The highest BCUT2D eigenvalue weighted by Gasteiger charge is 2.35. The average molecular weight is 595 g/mol. The van der Waals surface area contributed by atoms with Gasteiger partial charge in [0.2, 0.25) is 0 Å². The number of halogens is 4. The third-order valence-corrected chi connectivity index (χ3v) is 7.45. The number of aromatic amines is 1. The van der Waals surface area contributed by atoms with Crippen molar-refractivity contribution in [3.05, 3.63) is 88.1 Å². The lowest BCUT2D eigenvalue weighted by atomic mass is 10.1. The normalized spacial score (nSPS) is 14.3. The van der Waals surface area contributed by atoms with E-state index in [1.807, 2.05) is 0 Å². The molecule has 9 nitrogen and oxygen atoms in total. The second-order valence-corrected chi connectivity index (χ2v) is 10.5. The molecule has 210 valence electrons. The number of ether oxygens (including phenoxy) is 1. The molecule has 0 aliphatic carbocycles. The third-order valence-electron chi connectivity index (χ3n) is 5.93. The summed E-state index contributed by atoms with van der Waals surface area (Å²) >= 11 is 0. The zero-order valence-electron chi connectivity index (χ0n) is 20.6. The number of carbonyl (C=O) groups is 2. The molecule has 4 aromatic rings. The number of benzene rings is 3. The van der Waals surface area contributed by atoms with Crippen molar-refractivity contribution >= 4 is 63.3 Å². The Bertz CT molecular complexity index is 1660. The van der Waals surface area contributed by atoms with Crippen LogP contribution in [0.5, 0.6) is 0 Å². The van der Waals surface area contributed by atoms with Gasteiger partial charge in [0.15, 0.2) is 0 Å². The van der Waals surface area contributed by atoms with Gasteiger partial charge in [-0.25, -0.2) is 4.98 Å². The summed E-state index contributed by atoms with van der Waals surface area (Å²) in [6.07, 6.45) is -3.17. The molecule has 0 unspecified atom stereocenters. The van der Waals surface area contributed by atoms with Crippen molar-refractivity contribution in [3.8, 4) is 0 Å². The van der Waals surface area contributed by atoms with E-state index < -0.39 is 39.7 Å². The minimum atomic E-state index is -4.74. The summed E-state index contributed by atoms with van der Waals surface area (Å²) in [6, 6.07) is 11.8. The van der Waals surface area contributed by atoms with Gasteiger partial charge in [-0.05, 0) is 48.0 Å². The van der Waals surface area contributed by atoms with E-state index in [1.54, 1.807) is 18.2 Å². The topological polar surface area (TPSA) is 137 Å². The first-order valence-corrected chi connectivity index (χ1v) is 13.0. The van der Waals surface area contributed by atoms with E-state index in [4.69, 9.17) is 4.74 Å². The van der Waals surface area contributed by atoms with Crippen molar-refractivity contribution in [2.24, 2.45) is 0 Å². The molecule has 5 N–H and O–H groups in total. The van der Waals surface area contributed by atoms with Crippen molar-refractivity contribution in [2.45, 2.75) is 17.7 Å². The zero-order valence-corrected chi connectivity index (χ0v) is 22.2. The summed E-state index contributed by atoms with van der Waals surface area (Å²) in [5, 5.41) is 6.41. The molecule has 40 heavy (non-hydrogen) atoms. The van der Waals surface area contributed by atoms with Crippen LogP contribution in [0.2, 0.25) is 0 Å². The van der Waals surface area contributed by atoms with E-state index in [2.05, 4.69) is 20.6 Å². The fraction of sp³-hybridized carbons (Fsp3) is 0.115. The van der Waals surface area contributed by atoms with Gasteiger partial charge >= 0.3 is 6.18 Å². The molecule has 0 saturated carbocycles. The number of hydrogen-bond acceptors (Lipinski definition) is 6. The summed E-state index contributed by atoms with van der Waals surface area (Å²) < 4.78 is 65.8. The van der Waals surface area contributed by atoms with Gasteiger partial charge in [-0.15, -0.1) is 23.0 Å². The number of carbonyl (C=O) groups excluding carboxylic acids is 2. The maximum Gasteiger partial charge on any atom is 0.417 e. The van der Waals surface area contributed by atoms with E-state index in [0.717, 1.165) is 12.1 Å². The van der Waals surface area contributed by atoms with Crippen LogP contribution in [0.15, 0.2) is 64.9 Å². The lowest BCUT2D eigenvalue weighted by molar-refractivity contribution is -0.137. The van der Waals surface area contributed by atoms with Crippen LogP contribution in [0, 0.1) is 0 Å². The van der Waals surface area contributed by atoms with Crippen molar-refractivity contribution in [3.63, 3.8) is 0 Å². The quantitative estimate of drug-likeness (QED) is 0.167. The van der Waals surface area contributed by atoms with Crippen LogP contribution in [-0.4, -0.2) is 38.0 Å². The van der Waals surface area contributed by atoms with Crippen LogP contribution in [0.4, 0.5) is 24.5 Å². The van der Waals surface area contributed by atoms with E-state index in [0.29, 0.717) is 16.9 Å². The van der Waals surface area contributed by atoms with Gasteiger partial charge in [0, 0.05) is 23.9 Å². The fourth-order valence-corrected chi connectivity index (χ4v) is 5.46. The Kier molecular flexibility index (Phi) is 7.97. The number of nitrogens with zero attached hydrogens (tertiary/aromatic N) is 1. The number of H-pyrrole nitrogens is 1. The van der Waals surface area contributed by atoms with Gasteiger partial charge in [-0.2, -0.15) is 13.2 Å². The molecule has 0 saturated heterocycles. The number of nitrogens with one attached hydrogen (secondary N) is 3. The number of anilines is 2. The van der Waals surface area contributed by atoms with Gasteiger partial charge in [0.25, 0.3) is 11.8 Å². The predicted molar refractivity (Wildman–Crippen MR) is 148 cm³/mol. The lowest BCUT2D eigenvalue weighted by Crippen LogP contribution is -2.19. The Labute approximate surface area is 233 Å². The summed E-state index contributed by atoms with van der Waals surface area (Å²) in [6.45, 7) is 0.0894. The molecule has 0 spiro atoms. The SMILES string of the molecule is COCc1nc2c(C(=O)Nc3ccc4c(c3)S(O)(O)C=C4)cc(NC(=O)c3ccccc3C(F)(F)F)cc2[nH]1.Cl. The van der Waals surface area contributed by atoms with Crippen LogP contribution in [-0.2, 0) is 17.5 Å². The predicted octanol–water partition coefficient (Wildman–Crippen LogP) is 6.75. The summed E-state index contributed by atoms with van der Waals surface area (Å²) in [5.41, 5.74) is -0.159. The number of methoxy groups -OCH3 is 1. The van der Waals surface area contributed by atoms with Crippen LogP contribution < -0.4 is 10.6 Å². The highest BCUT2D eigenvalue weighted by atomic mass is 35.5. The number of amides is 2. The molecular weight excluding hydrogens is 573 g/mol. The number of aromatic nitrogens is 2. The molecule has 2 heterocycles. The smallest absolute Gasteiger partial charge is 0.377 e. The Balaban J connectivity index is 0.00000370. The molecule has 1 aliphatic rings. The largest absolute Gasteiger partial charge is 0.417 e.